The van der Waals surface area contributed by atoms with E-state index in [0.717, 1.165) is 44.4 Å². The van der Waals surface area contributed by atoms with E-state index in [1.165, 1.54) is 19.3 Å². The maximum Gasteiger partial charge on any atom is 1.00 e. The molecule has 4 fully saturated rings. The van der Waals surface area contributed by atoms with Gasteiger partial charge in [0.25, 0.3) is 0 Å². The third kappa shape index (κ3) is 2.92. The van der Waals surface area contributed by atoms with Crippen LogP contribution in [0.3, 0.4) is 0 Å². The van der Waals surface area contributed by atoms with Gasteiger partial charge in [0, 0.05) is 18.8 Å². The Morgan fingerprint density at radius 2 is 1.76 bits per heavy atom. The van der Waals surface area contributed by atoms with Crippen LogP contribution < -0.4 is 34.7 Å². The van der Waals surface area contributed by atoms with Gasteiger partial charge in [-0.1, -0.05) is 20.5 Å². The molecule has 0 heterocycles. The monoisotopic (exact) mass is 354 g/mol. The van der Waals surface area contributed by atoms with Gasteiger partial charge < -0.3 is 9.90 Å². The topological polar surface area (TPSA) is 57.2 Å². The van der Waals surface area contributed by atoms with E-state index in [2.05, 4.69) is 13.8 Å². The van der Waals surface area contributed by atoms with Crippen molar-refractivity contribution in [2.75, 3.05) is 6.61 Å². The van der Waals surface area contributed by atoms with Crippen molar-refractivity contribution in [2.24, 2.45) is 40.4 Å². The first-order valence-electron chi connectivity index (χ1n) is 10.0. The van der Waals surface area contributed by atoms with Crippen molar-refractivity contribution in [2.45, 2.75) is 71.6 Å². The van der Waals surface area contributed by atoms with E-state index in [4.69, 9.17) is 0 Å². The summed E-state index contributed by atoms with van der Waals surface area (Å²) in [6.45, 7) is 4.22. The van der Waals surface area contributed by atoms with Crippen molar-refractivity contribution in [1.82, 2.24) is 0 Å². The molecule has 3 unspecified atom stereocenters. The number of hydrogen-bond donors (Lipinski definition) is 0. The zero-order chi connectivity index (χ0) is 17.1. The average Bonchev–Trinajstić information content (AvgIpc) is 2.92. The molecule has 0 aliphatic heterocycles. The Labute approximate surface area is 174 Å². The van der Waals surface area contributed by atoms with Crippen LogP contribution in [0.15, 0.2) is 0 Å². The van der Waals surface area contributed by atoms with Gasteiger partial charge in [-0.05, 0) is 79.4 Å². The summed E-state index contributed by atoms with van der Waals surface area (Å²) in [6.07, 6.45) is 9.44. The minimum absolute atomic E-state index is 0. The molecule has 0 radical (unpaired) electrons. The molecule has 25 heavy (non-hydrogen) atoms. The summed E-state index contributed by atoms with van der Waals surface area (Å²) in [6, 6.07) is 0. The van der Waals surface area contributed by atoms with Gasteiger partial charge in [0.15, 0.2) is 0 Å². The number of fused-ring (bicyclic) bond motifs is 5. The summed E-state index contributed by atoms with van der Waals surface area (Å²) in [5, 5.41) is 11.2. The van der Waals surface area contributed by atoms with Crippen molar-refractivity contribution in [3.63, 3.8) is 0 Å². The maximum absolute atomic E-state index is 12.2. The van der Waals surface area contributed by atoms with Crippen LogP contribution in [0.4, 0.5) is 0 Å². The summed E-state index contributed by atoms with van der Waals surface area (Å²) in [5.41, 5.74) is 0.398. The predicted molar refractivity (Wildman–Crippen MR) is 90.1 cm³/mol. The molecule has 0 aromatic heterocycles. The molecule has 4 saturated carbocycles. The first-order valence-corrected chi connectivity index (χ1v) is 10.0. The molecule has 0 bridgehead atoms. The molecule has 4 aliphatic carbocycles. The standard InChI is InChI=1S/C21H31O3.Na/c1-20-9-7-14(23)11-13(20)3-4-15-16-5-6-18(19(24)12-22)21(16,2)10-8-17(15)20;/h13,15-18H,3-12H2,1-2H3;/q-1;+1/t13-,15?,16?,17?,18-,20+,21+;/m1./s1. The Balaban J connectivity index is 0.00000182. The third-order valence-corrected chi connectivity index (χ3v) is 9.01. The van der Waals surface area contributed by atoms with E-state index in [-0.39, 0.29) is 46.7 Å². The van der Waals surface area contributed by atoms with Crippen molar-refractivity contribution in [3.05, 3.63) is 0 Å². The minimum Gasteiger partial charge on any atom is -0.849 e. The van der Waals surface area contributed by atoms with E-state index in [1.54, 1.807) is 0 Å². The minimum atomic E-state index is -0.539. The van der Waals surface area contributed by atoms with E-state index >= 15 is 0 Å². The van der Waals surface area contributed by atoms with Crippen LogP contribution in [-0.4, -0.2) is 18.2 Å². The quantitative estimate of drug-likeness (QED) is 0.663. The second-order valence-electron chi connectivity index (χ2n) is 9.68. The summed E-state index contributed by atoms with van der Waals surface area (Å²) < 4.78 is 0. The van der Waals surface area contributed by atoms with Gasteiger partial charge in [-0.3, -0.25) is 4.79 Å². The van der Waals surface area contributed by atoms with Gasteiger partial charge in [0.05, 0.1) is 0 Å². The summed E-state index contributed by atoms with van der Waals surface area (Å²) in [5.74, 6) is 3.09. The van der Waals surface area contributed by atoms with Crippen molar-refractivity contribution < 1.29 is 44.3 Å². The van der Waals surface area contributed by atoms with E-state index in [9.17, 15) is 14.7 Å². The van der Waals surface area contributed by atoms with Crippen LogP contribution in [0, 0.1) is 40.4 Å². The number of rotatable bonds is 2. The Kier molecular flexibility index (Phi) is 5.64. The van der Waals surface area contributed by atoms with Crippen LogP contribution in [0.5, 0.6) is 0 Å². The largest absolute Gasteiger partial charge is 1.00 e. The fraction of sp³-hybridized carbons (Fsp3) is 0.905. The van der Waals surface area contributed by atoms with E-state index < -0.39 is 6.61 Å². The molecule has 0 spiro atoms. The number of carbonyl (C=O) groups is 2. The Morgan fingerprint density at radius 1 is 1.04 bits per heavy atom. The molecule has 4 aliphatic rings. The molecule has 0 aromatic carbocycles. The van der Waals surface area contributed by atoms with E-state index in [0.29, 0.717) is 29.0 Å². The van der Waals surface area contributed by atoms with Crippen molar-refractivity contribution in [3.8, 4) is 0 Å². The molecule has 3 nitrogen and oxygen atoms in total. The average molecular weight is 354 g/mol. The molecule has 7 atom stereocenters. The second kappa shape index (κ2) is 7.04. The molecular formula is C21H31NaO3. The zero-order valence-corrected chi connectivity index (χ0v) is 18.2. The fourth-order valence-corrected chi connectivity index (χ4v) is 7.67. The Bertz CT molecular complexity index is 561. The molecule has 4 rings (SSSR count). The predicted octanol–water partition coefficient (Wildman–Crippen LogP) is 0.148. The molecule has 0 saturated heterocycles. The van der Waals surface area contributed by atoms with Crippen molar-refractivity contribution in [1.29, 1.82) is 0 Å². The van der Waals surface area contributed by atoms with Crippen LogP contribution in [0.2, 0.25) is 0 Å². The number of ketones is 2. The third-order valence-electron chi connectivity index (χ3n) is 9.01. The van der Waals surface area contributed by atoms with Gasteiger partial charge in [0.2, 0.25) is 0 Å². The van der Waals surface area contributed by atoms with Gasteiger partial charge in [-0.15, -0.1) is 0 Å². The van der Waals surface area contributed by atoms with Gasteiger partial charge in [-0.2, -0.15) is 0 Å². The summed E-state index contributed by atoms with van der Waals surface area (Å²) in [4.78, 5) is 24.1. The Hall–Kier alpha value is 0.300. The second-order valence-corrected chi connectivity index (χ2v) is 9.68. The van der Waals surface area contributed by atoms with Crippen molar-refractivity contribution >= 4 is 11.6 Å². The maximum atomic E-state index is 12.2. The molecule has 0 amide bonds. The molecule has 0 N–H and O–H groups in total. The molecular weight excluding hydrogens is 323 g/mol. The normalized spacial score (nSPS) is 48.8. The van der Waals surface area contributed by atoms with Gasteiger partial charge in [-0.25, -0.2) is 0 Å². The van der Waals surface area contributed by atoms with Crippen LogP contribution in [0.1, 0.15) is 71.6 Å². The number of carbonyl (C=O) groups excluding carboxylic acids is 2. The van der Waals surface area contributed by atoms with Crippen LogP contribution in [-0.2, 0) is 9.59 Å². The zero-order valence-electron chi connectivity index (χ0n) is 16.2. The van der Waals surface area contributed by atoms with Gasteiger partial charge in [0.1, 0.15) is 11.6 Å². The number of hydrogen-bond acceptors (Lipinski definition) is 3. The first kappa shape index (κ1) is 20.0. The van der Waals surface area contributed by atoms with Crippen LogP contribution in [0.25, 0.3) is 0 Å². The van der Waals surface area contributed by atoms with Crippen LogP contribution >= 0.6 is 0 Å². The molecule has 0 aromatic rings. The smallest absolute Gasteiger partial charge is 0.849 e. The SMILES string of the molecule is C[C@]12CCC3C(CC[C@@H]4CC(=O)CC[C@]34C)C1CC[C@@H]2C(=O)C[O-].[Na+]. The number of Topliss-reactive ketones (excluding diaryl/α,β-unsaturated/α-hetero) is 2. The fourth-order valence-electron chi connectivity index (χ4n) is 7.67. The molecule has 134 valence electrons. The first-order chi connectivity index (χ1) is 11.4. The molecule has 4 heteroatoms. The van der Waals surface area contributed by atoms with E-state index in [1.807, 2.05) is 0 Å². The van der Waals surface area contributed by atoms with Gasteiger partial charge >= 0.3 is 29.6 Å². The Morgan fingerprint density at radius 3 is 2.48 bits per heavy atom. The summed E-state index contributed by atoms with van der Waals surface area (Å²) >= 11 is 0. The summed E-state index contributed by atoms with van der Waals surface area (Å²) in [7, 11) is 0.